The summed E-state index contributed by atoms with van der Waals surface area (Å²) >= 11 is 0. The molecule has 0 unspecified atom stereocenters. The van der Waals surface area contributed by atoms with Gasteiger partial charge in [0.1, 0.15) is 17.2 Å². The predicted octanol–water partition coefficient (Wildman–Crippen LogP) is 4.68. The summed E-state index contributed by atoms with van der Waals surface area (Å²) in [6, 6.07) is 13.0. The Hall–Kier alpha value is -3.46. The van der Waals surface area contributed by atoms with Gasteiger partial charge in [-0.3, -0.25) is 9.78 Å². The van der Waals surface area contributed by atoms with Crippen molar-refractivity contribution in [3.63, 3.8) is 0 Å². The fraction of sp³-hybridized carbons (Fsp3) is 0.419. The molecule has 8 heteroatoms. The van der Waals surface area contributed by atoms with E-state index in [1.165, 1.54) is 7.11 Å². The van der Waals surface area contributed by atoms with Crippen LogP contribution in [-0.4, -0.2) is 60.7 Å². The van der Waals surface area contributed by atoms with E-state index in [0.717, 1.165) is 56.0 Å². The number of piperazine rings is 1. The van der Waals surface area contributed by atoms with Crippen LogP contribution in [0.25, 0.3) is 0 Å². The first-order valence-corrected chi connectivity index (χ1v) is 13.5. The number of hydrogen-bond donors (Lipinski definition) is 3. The quantitative estimate of drug-likeness (QED) is 0.368. The van der Waals surface area contributed by atoms with Gasteiger partial charge in [-0.15, -0.1) is 0 Å². The third-order valence-corrected chi connectivity index (χ3v) is 7.01. The highest BCUT2D eigenvalue weighted by molar-refractivity contribution is 6.05. The summed E-state index contributed by atoms with van der Waals surface area (Å²) in [7, 11) is 1.53. The van der Waals surface area contributed by atoms with Crippen LogP contribution < -0.4 is 20.1 Å². The molecule has 208 valence electrons. The lowest BCUT2D eigenvalue weighted by molar-refractivity contribution is 0.102. The average Bonchev–Trinajstić information content (AvgIpc) is 2.93. The molecule has 0 radical (unpaired) electrons. The maximum absolute atomic E-state index is 13.3. The van der Waals surface area contributed by atoms with E-state index in [1.54, 1.807) is 18.3 Å². The number of anilines is 1. The molecule has 1 fully saturated rings. The maximum atomic E-state index is 13.3. The van der Waals surface area contributed by atoms with Gasteiger partial charge in [0.15, 0.2) is 0 Å². The number of aliphatic hydroxyl groups excluding tert-OH is 1. The zero-order valence-electron chi connectivity index (χ0n) is 23.6. The molecule has 4 rings (SSSR count). The number of carbonyl (C=O) groups excluding carboxylic acids is 1. The van der Waals surface area contributed by atoms with Crippen LogP contribution in [0.2, 0.25) is 0 Å². The molecule has 3 N–H and O–H groups in total. The molecule has 8 nitrogen and oxygen atoms in total. The molecular weight excluding hydrogens is 492 g/mol. The zero-order valence-corrected chi connectivity index (χ0v) is 23.6. The normalized spacial score (nSPS) is 14.2. The van der Waals surface area contributed by atoms with Gasteiger partial charge in [-0.1, -0.05) is 26.8 Å². The molecule has 3 aromatic rings. The average molecular weight is 533 g/mol. The number of aliphatic hydroxyl groups is 1. The van der Waals surface area contributed by atoms with Crippen LogP contribution in [0.5, 0.6) is 17.2 Å². The van der Waals surface area contributed by atoms with Gasteiger partial charge in [0.2, 0.25) is 0 Å². The minimum Gasteiger partial charge on any atom is -0.494 e. The standard InChI is InChI=1S/C31H40N4O4/c1-21-6-7-22(30(37)34-27-18-24(31(2,3)4)16-23(20-36)29(27)38-5)17-28(21)39-26-8-10-33-25(19-26)9-13-35-14-11-32-12-15-35/h6-8,10,16-19,32,36H,9,11-15,20H2,1-5H3,(H,34,37). The lowest BCUT2D eigenvalue weighted by atomic mass is 9.85. The summed E-state index contributed by atoms with van der Waals surface area (Å²) in [5, 5.41) is 16.3. The van der Waals surface area contributed by atoms with E-state index in [-0.39, 0.29) is 17.9 Å². The molecule has 2 aromatic carbocycles. The highest BCUT2D eigenvalue weighted by Crippen LogP contribution is 2.36. The van der Waals surface area contributed by atoms with Crippen molar-refractivity contribution >= 4 is 11.6 Å². The van der Waals surface area contributed by atoms with E-state index in [0.29, 0.717) is 34.1 Å². The van der Waals surface area contributed by atoms with Crippen LogP contribution in [0.15, 0.2) is 48.7 Å². The lowest BCUT2D eigenvalue weighted by Crippen LogP contribution is -2.44. The van der Waals surface area contributed by atoms with E-state index in [9.17, 15) is 9.90 Å². The molecule has 39 heavy (non-hydrogen) atoms. The molecular formula is C31H40N4O4. The second-order valence-electron chi connectivity index (χ2n) is 11.0. The molecule has 1 amide bonds. The van der Waals surface area contributed by atoms with Gasteiger partial charge in [0.25, 0.3) is 5.91 Å². The first-order chi connectivity index (χ1) is 18.7. The van der Waals surface area contributed by atoms with Gasteiger partial charge >= 0.3 is 0 Å². The fourth-order valence-corrected chi connectivity index (χ4v) is 4.61. The summed E-state index contributed by atoms with van der Waals surface area (Å²) in [5.74, 6) is 1.45. The number of nitrogens with one attached hydrogen (secondary N) is 2. The number of carbonyl (C=O) groups is 1. The minimum atomic E-state index is -0.292. The number of methoxy groups -OCH3 is 1. The molecule has 0 spiro atoms. The number of amides is 1. The van der Waals surface area contributed by atoms with Crippen LogP contribution in [0.1, 0.15) is 53.5 Å². The number of rotatable bonds is 9. The summed E-state index contributed by atoms with van der Waals surface area (Å²) in [5.41, 5.74) is 4.31. The first-order valence-electron chi connectivity index (χ1n) is 13.5. The molecule has 0 saturated carbocycles. The molecule has 0 atom stereocenters. The SMILES string of the molecule is COc1c(CO)cc(C(C)(C)C)cc1NC(=O)c1ccc(C)c(Oc2ccnc(CCN3CCNCC3)c2)c1. The minimum absolute atomic E-state index is 0.172. The van der Waals surface area contributed by atoms with Gasteiger partial charge in [-0.05, 0) is 53.8 Å². The van der Waals surface area contributed by atoms with Crippen molar-refractivity contribution in [3.8, 4) is 17.2 Å². The Labute approximate surface area is 231 Å². The monoisotopic (exact) mass is 532 g/mol. The second-order valence-corrected chi connectivity index (χ2v) is 11.0. The Morgan fingerprint density at radius 3 is 2.59 bits per heavy atom. The van der Waals surface area contributed by atoms with Crippen molar-refractivity contribution in [1.82, 2.24) is 15.2 Å². The Kier molecular flexibility index (Phi) is 9.22. The topological polar surface area (TPSA) is 96.0 Å². The van der Waals surface area contributed by atoms with Crippen molar-refractivity contribution in [2.75, 3.05) is 45.2 Å². The summed E-state index contributed by atoms with van der Waals surface area (Å²) in [4.78, 5) is 20.3. The Morgan fingerprint density at radius 2 is 1.90 bits per heavy atom. The highest BCUT2D eigenvalue weighted by Gasteiger charge is 2.21. The van der Waals surface area contributed by atoms with Crippen LogP contribution in [0.3, 0.4) is 0 Å². The second kappa shape index (κ2) is 12.6. The Bertz CT molecular complexity index is 1300. The number of pyridine rings is 1. The zero-order chi connectivity index (χ0) is 28.0. The van der Waals surface area contributed by atoms with Gasteiger partial charge in [-0.2, -0.15) is 0 Å². The molecule has 0 bridgehead atoms. The third-order valence-electron chi connectivity index (χ3n) is 7.01. The number of benzene rings is 2. The Morgan fingerprint density at radius 1 is 1.13 bits per heavy atom. The van der Waals surface area contributed by atoms with Gasteiger partial charge < -0.3 is 30.1 Å². The molecule has 2 heterocycles. The molecule has 1 aliphatic rings. The highest BCUT2D eigenvalue weighted by atomic mass is 16.5. The predicted molar refractivity (Wildman–Crippen MR) is 154 cm³/mol. The van der Waals surface area contributed by atoms with Crippen molar-refractivity contribution in [1.29, 1.82) is 0 Å². The summed E-state index contributed by atoms with van der Waals surface area (Å²) in [6.07, 6.45) is 2.62. The van der Waals surface area contributed by atoms with Crippen molar-refractivity contribution < 1.29 is 19.4 Å². The first kappa shape index (κ1) is 28.5. The van der Waals surface area contributed by atoms with Gasteiger partial charge in [0.05, 0.1) is 19.4 Å². The molecule has 1 aliphatic heterocycles. The van der Waals surface area contributed by atoms with Gasteiger partial charge in [-0.25, -0.2) is 0 Å². The van der Waals surface area contributed by atoms with E-state index in [4.69, 9.17) is 9.47 Å². The maximum Gasteiger partial charge on any atom is 0.255 e. The van der Waals surface area contributed by atoms with Crippen LogP contribution in [0, 0.1) is 6.92 Å². The number of hydrogen-bond acceptors (Lipinski definition) is 7. The summed E-state index contributed by atoms with van der Waals surface area (Å²) in [6.45, 7) is 13.1. The van der Waals surface area contributed by atoms with Crippen molar-refractivity contribution in [2.24, 2.45) is 0 Å². The molecule has 0 aliphatic carbocycles. The van der Waals surface area contributed by atoms with Crippen LogP contribution in [-0.2, 0) is 18.4 Å². The molecule has 1 saturated heterocycles. The van der Waals surface area contributed by atoms with E-state index in [1.807, 2.05) is 37.3 Å². The number of ether oxygens (including phenoxy) is 2. The third kappa shape index (κ3) is 7.35. The Balaban J connectivity index is 1.51. The van der Waals surface area contributed by atoms with Crippen LogP contribution >= 0.6 is 0 Å². The van der Waals surface area contributed by atoms with Crippen LogP contribution in [0.4, 0.5) is 5.69 Å². The van der Waals surface area contributed by atoms with E-state index in [2.05, 4.69) is 41.3 Å². The van der Waals surface area contributed by atoms with E-state index >= 15 is 0 Å². The van der Waals surface area contributed by atoms with Crippen molar-refractivity contribution in [2.45, 2.75) is 46.1 Å². The fourth-order valence-electron chi connectivity index (χ4n) is 4.61. The lowest BCUT2D eigenvalue weighted by Gasteiger charge is -2.26. The largest absolute Gasteiger partial charge is 0.494 e. The number of aromatic nitrogens is 1. The number of aryl methyl sites for hydroxylation is 1. The van der Waals surface area contributed by atoms with Crippen molar-refractivity contribution in [3.05, 3.63) is 76.6 Å². The molecule has 1 aromatic heterocycles. The summed E-state index contributed by atoms with van der Waals surface area (Å²) < 4.78 is 11.8. The number of nitrogens with zero attached hydrogens (tertiary/aromatic N) is 2. The smallest absolute Gasteiger partial charge is 0.255 e. The van der Waals surface area contributed by atoms with Gasteiger partial charge in [0, 0.05) is 68.2 Å². The van der Waals surface area contributed by atoms with E-state index < -0.39 is 0 Å².